The van der Waals surface area contributed by atoms with Crippen molar-refractivity contribution in [2.45, 2.75) is 238 Å². The highest BCUT2D eigenvalue weighted by Gasteiger charge is 2.28. The van der Waals surface area contributed by atoms with Crippen molar-refractivity contribution >= 4 is 25.7 Å². The van der Waals surface area contributed by atoms with E-state index in [1.807, 2.05) is 12.2 Å². The van der Waals surface area contributed by atoms with Gasteiger partial charge in [-0.3, -0.25) is 23.4 Å². The predicted molar refractivity (Wildman–Crippen MR) is 325 cm³/mol. The summed E-state index contributed by atoms with van der Waals surface area (Å²) in [6, 6.07) is 0. The van der Waals surface area contributed by atoms with Gasteiger partial charge in [0.2, 0.25) is 0 Å². The van der Waals surface area contributed by atoms with Crippen molar-refractivity contribution in [3.05, 3.63) is 134 Å². The second-order valence-corrected chi connectivity index (χ2v) is 20.9. The first-order valence-electron chi connectivity index (χ1n) is 30.1. The van der Waals surface area contributed by atoms with Crippen LogP contribution in [0.2, 0.25) is 0 Å². The van der Waals surface area contributed by atoms with Crippen LogP contribution in [0.1, 0.15) is 226 Å². The van der Waals surface area contributed by atoms with Gasteiger partial charge in [0, 0.05) is 12.8 Å². The van der Waals surface area contributed by atoms with E-state index in [-0.39, 0.29) is 19.3 Å². The van der Waals surface area contributed by atoms with Crippen molar-refractivity contribution in [3.8, 4) is 0 Å². The Morgan fingerprint density at radius 3 is 1.09 bits per heavy atom. The maximum absolute atomic E-state index is 12.9. The Bertz CT molecular complexity index is 1820. The highest BCUT2D eigenvalue weighted by Crippen LogP contribution is 2.43. The number of aliphatic hydroxyl groups excluding tert-OH is 1. The fraction of sp³-hybridized carbons (Fsp3) is 0.621. The van der Waals surface area contributed by atoms with Gasteiger partial charge in [-0.2, -0.15) is 0 Å². The number of phosphoric ester groups is 1. The molecule has 0 aromatic rings. The highest BCUT2D eigenvalue weighted by atomic mass is 31.2. The van der Waals surface area contributed by atoms with Crippen LogP contribution in [0.15, 0.2) is 134 Å². The maximum atomic E-state index is 12.9. The Hall–Kier alpha value is -4.38. The van der Waals surface area contributed by atoms with E-state index >= 15 is 0 Å². The topological polar surface area (TPSA) is 155 Å². The molecule has 0 rings (SSSR count). The number of rotatable bonds is 54. The molecule has 0 saturated heterocycles. The minimum Gasteiger partial charge on any atom is -0.461 e. The van der Waals surface area contributed by atoms with E-state index in [1.54, 1.807) is 6.08 Å². The molecule has 0 heterocycles. The fourth-order valence-electron chi connectivity index (χ4n) is 7.57. The molecule has 2 N–H and O–H groups in total. The Kier molecular flexibility index (Phi) is 55.5. The molecule has 12 heteroatoms. The second kappa shape index (κ2) is 58.8. The third-order valence-corrected chi connectivity index (χ3v) is 13.0. The van der Waals surface area contributed by atoms with Gasteiger partial charge in [-0.05, 0) is 116 Å². The smallest absolute Gasteiger partial charge is 0.461 e. The van der Waals surface area contributed by atoms with Crippen molar-refractivity contribution in [3.63, 3.8) is 0 Å². The van der Waals surface area contributed by atoms with Crippen LogP contribution in [0.5, 0.6) is 0 Å². The van der Waals surface area contributed by atoms with Gasteiger partial charge >= 0.3 is 25.7 Å². The minimum atomic E-state index is -4.79. The Labute approximate surface area is 474 Å². The number of hydrogen-bond acceptors (Lipinski definition) is 10. The van der Waals surface area contributed by atoms with Gasteiger partial charge in [-0.25, -0.2) is 4.57 Å². The molecular formula is C66H107O11P. The Morgan fingerprint density at radius 2 is 0.705 bits per heavy atom. The fourth-order valence-corrected chi connectivity index (χ4v) is 8.35. The number of allylic oxidation sites excluding steroid dienone is 21. The predicted octanol–water partition coefficient (Wildman–Crippen LogP) is 18.1. The summed E-state index contributed by atoms with van der Waals surface area (Å²) in [4.78, 5) is 48.6. The molecule has 0 aliphatic carbocycles. The van der Waals surface area contributed by atoms with E-state index < -0.39 is 64.4 Å². The quantitative estimate of drug-likeness (QED) is 0.0197. The third kappa shape index (κ3) is 56.3. The largest absolute Gasteiger partial charge is 0.472 e. The molecule has 0 spiro atoms. The summed E-state index contributed by atoms with van der Waals surface area (Å²) in [5, 5.41) is 9.83. The monoisotopic (exact) mass is 1110 g/mol. The molecule has 3 atom stereocenters. The third-order valence-electron chi connectivity index (χ3n) is 12.1. The van der Waals surface area contributed by atoms with Gasteiger partial charge < -0.3 is 24.2 Å². The first kappa shape index (κ1) is 73.6. The number of unbranched alkanes of at least 4 members (excludes halogenated alkanes) is 16. The normalized spacial score (nSPS) is 14.3. The van der Waals surface area contributed by atoms with Crippen molar-refractivity contribution in [2.75, 3.05) is 26.4 Å². The lowest BCUT2D eigenvalue weighted by molar-refractivity contribution is -0.161. The van der Waals surface area contributed by atoms with Crippen molar-refractivity contribution in [1.29, 1.82) is 0 Å². The molecule has 0 aromatic carbocycles. The van der Waals surface area contributed by atoms with E-state index in [0.29, 0.717) is 19.3 Å². The van der Waals surface area contributed by atoms with E-state index in [2.05, 4.69) is 136 Å². The van der Waals surface area contributed by atoms with Crippen LogP contribution in [-0.4, -0.2) is 66.5 Å². The Morgan fingerprint density at radius 1 is 0.385 bits per heavy atom. The average molecular weight is 1110 g/mol. The molecule has 0 bridgehead atoms. The van der Waals surface area contributed by atoms with E-state index in [0.717, 1.165) is 116 Å². The summed E-state index contributed by atoms with van der Waals surface area (Å²) in [6.45, 7) is 4.24. The van der Waals surface area contributed by atoms with Crippen LogP contribution in [0.25, 0.3) is 0 Å². The summed E-state index contributed by atoms with van der Waals surface area (Å²) < 4.78 is 39.4. The molecule has 78 heavy (non-hydrogen) atoms. The number of carbonyl (C=O) groups excluding carboxylic acids is 3. The SMILES string of the molecule is CC/C=C\C/C=C\C/C=C\C/C=C\C/C=C\CC(=O)OCC(COP(=O)(O)OCC(CO)OC(=O)CCCCCC/C=C\C/C=C\C/C=C\C/C=C\CC)OC(=O)CCCCCCCCCCC/C=C\C/C=C\CCCCC. The minimum absolute atomic E-state index is 0.0146. The number of ether oxygens (including phenoxy) is 3. The molecule has 0 radical (unpaired) electrons. The molecule has 0 aliphatic heterocycles. The lowest BCUT2D eigenvalue weighted by atomic mass is 10.1. The van der Waals surface area contributed by atoms with Crippen molar-refractivity contribution < 1.29 is 52.2 Å². The lowest BCUT2D eigenvalue weighted by Crippen LogP contribution is -2.30. The number of hydrogen-bond donors (Lipinski definition) is 2. The summed E-state index contributed by atoms with van der Waals surface area (Å²) in [5.41, 5.74) is 0. The van der Waals surface area contributed by atoms with Crippen LogP contribution >= 0.6 is 7.82 Å². The molecule has 0 fully saturated rings. The first-order chi connectivity index (χ1) is 38.2. The van der Waals surface area contributed by atoms with Crippen LogP contribution in [-0.2, 0) is 42.2 Å². The van der Waals surface area contributed by atoms with E-state index in [4.69, 9.17) is 23.3 Å². The molecule has 442 valence electrons. The maximum Gasteiger partial charge on any atom is 0.472 e. The molecule has 0 saturated carbocycles. The summed E-state index contributed by atoms with van der Waals surface area (Å²) in [5.74, 6) is -1.66. The standard InChI is InChI=1S/C66H107O11P/c1-4-7-10-13-16-19-22-25-28-30-31-33-36-39-42-45-48-51-54-57-66(70)77-63(59-73-64(68)55-52-49-46-43-40-37-34-27-24-21-18-15-12-9-6-3)61-75-78(71,72)74-60-62(58-67)76-65(69)56-53-50-47-44-41-38-35-32-29-26-23-20-17-14-11-8-5-2/h8-9,11-12,16-21,25-29,34-35,38,40,43,49,52,62-63,67H,4-7,10,13-15,22-24,30-33,36-37,39,41-42,44-48,50-51,53-61H2,1-3H3,(H,71,72)/b11-8-,12-9-,19-16-,20-17-,21-18-,28-25-,29-26-,34-27-,38-35-,43-40-,52-49-. The van der Waals surface area contributed by atoms with Gasteiger partial charge in [-0.15, -0.1) is 0 Å². The summed E-state index contributed by atoms with van der Waals surface area (Å²) >= 11 is 0. The molecule has 0 aliphatic rings. The molecular weight excluding hydrogens is 1000 g/mol. The zero-order valence-electron chi connectivity index (χ0n) is 48.8. The van der Waals surface area contributed by atoms with Crippen LogP contribution in [0, 0.1) is 0 Å². The highest BCUT2D eigenvalue weighted by molar-refractivity contribution is 7.47. The molecule has 11 nitrogen and oxygen atoms in total. The second-order valence-electron chi connectivity index (χ2n) is 19.4. The van der Waals surface area contributed by atoms with Gasteiger partial charge in [-0.1, -0.05) is 225 Å². The van der Waals surface area contributed by atoms with Crippen molar-refractivity contribution in [2.24, 2.45) is 0 Å². The van der Waals surface area contributed by atoms with Gasteiger partial charge in [0.1, 0.15) is 12.7 Å². The summed E-state index contributed by atoms with van der Waals surface area (Å²) in [6.07, 6.45) is 74.3. The number of aliphatic hydroxyl groups is 1. The van der Waals surface area contributed by atoms with Crippen LogP contribution < -0.4 is 0 Å². The molecule has 3 unspecified atom stereocenters. The Balaban J connectivity index is 4.84. The van der Waals surface area contributed by atoms with Crippen LogP contribution in [0.3, 0.4) is 0 Å². The number of esters is 3. The van der Waals surface area contributed by atoms with Gasteiger partial charge in [0.05, 0.1) is 26.2 Å². The van der Waals surface area contributed by atoms with Gasteiger partial charge in [0.15, 0.2) is 6.10 Å². The zero-order chi connectivity index (χ0) is 56.9. The van der Waals surface area contributed by atoms with Gasteiger partial charge in [0.25, 0.3) is 0 Å². The van der Waals surface area contributed by atoms with Crippen molar-refractivity contribution in [1.82, 2.24) is 0 Å². The van der Waals surface area contributed by atoms with E-state index in [1.165, 1.54) is 51.4 Å². The van der Waals surface area contributed by atoms with E-state index in [9.17, 15) is 28.9 Å². The van der Waals surface area contributed by atoms with Crippen LogP contribution in [0.4, 0.5) is 0 Å². The molecule has 0 aromatic heterocycles. The molecule has 0 amide bonds. The number of carbonyl (C=O) groups is 3. The lowest BCUT2D eigenvalue weighted by Gasteiger charge is -2.21. The number of phosphoric acid groups is 1. The summed E-state index contributed by atoms with van der Waals surface area (Å²) in [7, 11) is -4.79. The zero-order valence-corrected chi connectivity index (χ0v) is 49.7. The first-order valence-corrected chi connectivity index (χ1v) is 31.6. The average Bonchev–Trinajstić information content (AvgIpc) is 3.43.